The van der Waals surface area contributed by atoms with Gasteiger partial charge in [-0.25, -0.2) is 4.79 Å². The van der Waals surface area contributed by atoms with Gasteiger partial charge in [-0.05, 0) is 48.7 Å². The van der Waals surface area contributed by atoms with Crippen LogP contribution in [0.2, 0.25) is 0 Å². The van der Waals surface area contributed by atoms with Crippen LogP contribution in [0, 0.1) is 0 Å². The second kappa shape index (κ2) is 9.54. The van der Waals surface area contributed by atoms with Crippen LogP contribution in [0.5, 0.6) is 5.75 Å². The zero-order chi connectivity index (χ0) is 19.9. The van der Waals surface area contributed by atoms with Gasteiger partial charge in [0.05, 0.1) is 19.5 Å². The summed E-state index contributed by atoms with van der Waals surface area (Å²) in [6, 6.07) is 6.86. The highest BCUT2D eigenvalue weighted by Crippen LogP contribution is 2.26. The van der Waals surface area contributed by atoms with Crippen LogP contribution < -0.4 is 4.74 Å². The summed E-state index contributed by atoms with van der Waals surface area (Å²) in [5.74, 6) is 0.295. The van der Waals surface area contributed by atoms with Gasteiger partial charge in [-0.1, -0.05) is 23.9 Å². The number of esters is 1. The highest BCUT2D eigenvalue weighted by atomic mass is 32.2. The van der Waals surface area contributed by atoms with E-state index in [1.807, 2.05) is 24.3 Å². The summed E-state index contributed by atoms with van der Waals surface area (Å²) < 4.78 is 12.0. The number of rotatable bonds is 7. The maximum absolute atomic E-state index is 12.8. The molecule has 28 heavy (non-hydrogen) atoms. The van der Waals surface area contributed by atoms with E-state index in [1.165, 1.54) is 16.4 Å². The predicted octanol–water partition coefficient (Wildman–Crippen LogP) is 1.71. The van der Waals surface area contributed by atoms with Gasteiger partial charge in [0.25, 0.3) is 0 Å². The topological polar surface area (TPSA) is 99.4 Å². The fourth-order valence-electron chi connectivity index (χ4n) is 3.15. The van der Waals surface area contributed by atoms with Gasteiger partial charge in [0.1, 0.15) is 17.5 Å². The third-order valence-corrected chi connectivity index (χ3v) is 5.36. The SMILES string of the molecule is CCOC(=O)[C@@H]1CCCCN1C(=O)CSc1nnnn1-c1ccccc1OC. The van der Waals surface area contributed by atoms with Crippen molar-refractivity contribution >= 4 is 23.6 Å². The van der Waals surface area contributed by atoms with Crippen LogP contribution >= 0.6 is 11.8 Å². The van der Waals surface area contributed by atoms with Crippen molar-refractivity contribution in [1.29, 1.82) is 0 Å². The number of tetrazole rings is 1. The van der Waals surface area contributed by atoms with Crippen molar-refractivity contribution in [1.82, 2.24) is 25.1 Å². The van der Waals surface area contributed by atoms with Crippen LogP contribution in [0.15, 0.2) is 29.4 Å². The van der Waals surface area contributed by atoms with E-state index >= 15 is 0 Å². The molecule has 3 rings (SSSR count). The number of likely N-dealkylation sites (tertiary alicyclic amines) is 1. The Morgan fingerprint density at radius 1 is 1.29 bits per heavy atom. The summed E-state index contributed by atoms with van der Waals surface area (Å²) in [6.45, 7) is 2.63. The van der Waals surface area contributed by atoms with E-state index < -0.39 is 6.04 Å². The molecule has 1 aromatic carbocycles. The fraction of sp³-hybridized carbons (Fsp3) is 0.500. The highest BCUT2D eigenvalue weighted by molar-refractivity contribution is 7.99. The van der Waals surface area contributed by atoms with Crippen molar-refractivity contribution in [2.24, 2.45) is 0 Å². The monoisotopic (exact) mass is 405 g/mol. The first-order chi connectivity index (χ1) is 13.7. The van der Waals surface area contributed by atoms with E-state index in [-0.39, 0.29) is 17.6 Å². The van der Waals surface area contributed by atoms with Crippen molar-refractivity contribution in [2.75, 3.05) is 26.0 Å². The van der Waals surface area contributed by atoms with Gasteiger partial charge in [0.2, 0.25) is 11.1 Å². The number of methoxy groups -OCH3 is 1. The van der Waals surface area contributed by atoms with Gasteiger partial charge in [0.15, 0.2) is 0 Å². The molecule has 1 fully saturated rings. The molecule has 0 unspecified atom stereocenters. The number of piperidine rings is 1. The average molecular weight is 405 g/mol. The molecule has 2 aromatic rings. The Labute approximate surface area is 167 Å². The number of aromatic nitrogens is 4. The second-order valence-electron chi connectivity index (χ2n) is 6.18. The van der Waals surface area contributed by atoms with Gasteiger partial charge < -0.3 is 14.4 Å². The first-order valence-corrected chi connectivity index (χ1v) is 10.1. The summed E-state index contributed by atoms with van der Waals surface area (Å²) in [4.78, 5) is 26.6. The number of amides is 1. The van der Waals surface area contributed by atoms with Gasteiger partial charge in [-0.3, -0.25) is 4.79 Å². The Balaban J connectivity index is 1.70. The molecule has 9 nitrogen and oxygen atoms in total. The maximum Gasteiger partial charge on any atom is 0.328 e. The van der Waals surface area contributed by atoms with Crippen molar-refractivity contribution in [3.63, 3.8) is 0 Å². The molecule has 0 radical (unpaired) electrons. The number of para-hydroxylation sites is 2. The molecule has 0 spiro atoms. The first-order valence-electron chi connectivity index (χ1n) is 9.16. The normalized spacial score (nSPS) is 16.6. The van der Waals surface area contributed by atoms with Crippen molar-refractivity contribution in [3.8, 4) is 11.4 Å². The third-order valence-electron chi connectivity index (χ3n) is 4.46. The number of carbonyl (C=O) groups excluding carboxylic acids is 2. The third kappa shape index (κ3) is 4.44. The molecule has 0 N–H and O–H groups in total. The largest absolute Gasteiger partial charge is 0.494 e. The zero-order valence-corrected chi connectivity index (χ0v) is 16.7. The first kappa shape index (κ1) is 20.1. The molecule has 10 heteroatoms. The van der Waals surface area contributed by atoms with E-state index in [0.29, 0.717) is 36.2 Å². The minimum atomic E-state index is -0.507. The van der Waals surface area contributed by atoms with Crippen molar-refractivity contribution < 1.29 is 19.1 Å². The second-order valence-corrected chi connectivity index (χ2v) is 7.13. The molecule has 1 aliphatic rings. The van der Waals surface area contributed by atoms with E-state index in [9.17, 15) is 9.59 Å². The Morgan fingerprint density at radius 2 is 2.11 bits per heavy atom. The van der Waals surface area contributed by atoms with Gasteiger partial charge in [0, 0.05) is 6.54 Å². The van der Waals surface area contributed by atoms with E-state index in [2.05, 4.69) is 15.5 Å². The number of thioether (sulfide) groups is 1. The average Bonchev–Trinajstić information content (AvgIpc) is 3.20. The molecule has 0 aliphatic carbocycles. The summed E-state index contributed by atoms with van der Waals surface area (Å²) in [6.07, 6.45) is 2.42. The Morgan fingerprint density at radius 3 is 2.89 bits per heavy atom. The van der Waals surface area contributed by atoms with E-state index in [4.69, 9.17) is 9.47 Å². The van der Waals surface area contributed by atoms with Crippen LogP contribution in [-0.4, -0.2) is 69.0 Å². The number of nitrogens with zero attached hydrogens (tertiary/aromatic N) is 5. The van der Waals surface area contributed by atoms with Crippen LogP contribution in [0.4, 0.5) is 0 Å². The quantitative estimate of drug-likeness (QED) is 0.507. The number of hydrogen-bond donors (Lipinski definition) is 0. The molecule has 1 aliphatic heterocycles. The van der Waals surface area contributed by atoms with Crippen molar-refractivity contribution in [2.45, 2.75) is 37.4 Å². The predicted molar refractivity (Wildman–Crippen MR) is 102 cm³/mol. The lowest BCUT2D eigenvalue weighted by Crippen LogP contribution is -2.49. The summed E-state index contributed by atoms with van der Waals surface area (Å²) in [5.41, 5.74) is 0.687. The number of hydrogen-bond acceptors (Lipinski definition) is 8. The summed E-state index contributed by atoms with van der Waals surface area (Å²) in [5, 5.41) is 12.2. The Bertz CT molecular complexity index is 828. The molecule has 0 bridgehead atoms. The van der Waals surface area contributed by atoms with E-state index in [1.54, 1.807) is 18.9 Å². The maximum atomic E-state index is 12.8. The Kier molecular flexibility index (Phi) is 6.85. The number of ether oxygens (including phenoxy) is 2. The zero-order valence-electron chi connectivity index (χ0n) is 15.9. The standard InChI is InChI=1S/C18H23N5O4S/c1-3-27-17(25)14-9-6-7-11-22(14)16(24)12-28-18-19-20-21-23(18)13-8-4-5-10-15(13)26-2/h4-5,8,10,14H,3,6-7,9,11-12H2,1-2H3/t14-/m0/s1. The minimum absolute atomic E-state index is 0.127. The molecule has 1 amide bonds. The molecule has 1 atom stereocenters. The van der Waals surface area contributed by atoms with Gasteiger partial charge in [-0.15, -0.1) is 5.10 Å². The van der Waals surface area contributed by atoms with Crippen LogP contribution in [0.25, 0.3) is 5.69 Å². The summed E-state index contributed by atoms with van der Waals surface area (Å²) in [7, 11) is 1.57. The summed E-state index contributed by atoms with van der Waals surface area (Å²) >= 11 is 1.22. The molecule has 0 saturated carbocycles. The number of carbonyl (C=O) groups is 2. The van der Waals surface area contributed by atoms with Crippen LogP contribution in [-0.2, 0) is 14.3 Å². The molecule has 2 heterocycles. The van der Waals surface area contributed by atoms with Crippen LogP contribution in [0.3, 0.4) is 0 Å². The lowest BCUT2D eigenvalue weighted by molar-refractivity contribution is -0.155. The smallest absolute Gasteiger partial charge is 0.328 e. The van der Waals surface area contributed by atoms with Gasteiger partial charge in [-0.2, -0.15) is 4.68 Å². The lowest BCUT2D eigenvalue weighted by Gasteiger charge is -2.33. The fourth-order valence-corrected chi connectivity index (χ4v) is 3.92. The minimum Gasteiger partial charge on any atom is -0.494 e. The molecular formula is C18H23N5O4S. The van der Waals surface area contributed by atoms with Crippen LogP contribution in [0.1, 0.15) is 26.2 Å². The van der Waals surface area contributed by atoms with Crippen molar-refractivity contribution in [3.05, 3.63) is 24.3 Å². The molecular weight excluding hydrogens is 382 g/mol. The van der Waals surface area contributed by atoms with Gasteiger partial charge >= 0.3 is 5.97 Å². The Hall–Kier alpha value is -2.62. The molecule has 1 aromatic heterocycles. The molecule has 1 saturated heterocycles. The molecule has 150 valence electrons. The number of benzene rings is 1. The van der Waals surface area contributed by atoms with E-state index in [0.717, 1.165) is 12.8 Å². The highest BCUT2D eigenvalue weighted by Gasteiger charge is 2.33. The lowest BCUT2D eigenvalue weighted by atomic mass is 10.0.